The molecule has 1 aromatic heterocycles. The van der Waals surface area contributed by atoms with Crippen molar-refractivity contribution in [1.82, 2.24) is 9.78 Å². The quantitative estimate of drug-likeness (QED) is 0.301. The number of carbonyl (C=O) groups excluding carboxylic acids is 2. The second kappa shape index (κ2) is 10.2. The van der Waals surface area contributed by atoms with E-state index in [-0.39, 0.29) is 28.6 Å². The summed E-state index contributed by atoms with van der Waals surface area (Å²) in [5.74, 6) is -1.73. The molecule has 4 aromatic rings. The van der Waals surface area contributed by atoms with E-state index in [4.69, 9.17) is 5.10 Å². The molecule has 0 N–H and O–H groups in total. The van der Waals surface area contributed by atoms with Crippen LogP contribution in [0, 0.1) is 18.7 Å². The van der Waals surface area contributed by atoms with Gasteiger partial charge in [-0.15, -0.1) is 0 Å². The molecule has 3 aromatic carbocycles. The lowest BCUT2D eigenvalue weighted by Gasteiger charge is -2.38. The molecule has 0 fully saturated rings. The number of aromatic nitrogens is 2. The van der Waals surface area contributed by atoms with Crippen LogP contribution in [0.25, 0.3) is 5.69 Å². The van der Waals surface area contributed by atoms with Gasteiger partial charge in [-0.3, -0.25) is 14.5 Å². The highest BCUT2D eigenvalue weighted by atomic mass is 32.2. The fourth-order valence-electron chi connectivity index (χ4n) is 5.35. The second-order valence-electron chi connectivity index (χ2n) is 9.72. The fourth-order valence-corrected chi connectivity index (χ4v) is 6.01. The van der Waals surface area contributed by atoms with E-state index in [0.29, 0.717) is 23.6 Å². The molecule has 0 radical (unpaired) electrons. The Kier molecular flexibility index (Phi) is 6.94. The third-order valence-electron chi connectivity index (χ3n) is 7.17. The minimum Gasteiger partial charge on any atom is -0.296 e. The Balaban J connectivity index is 1.66. The third kappa shape index (κ3) is 4.90. The molecular formula is C30H28FN3O4S. The van der Waals surface area contributed by atoms with Crippen molar-refractivity contribution in [3.63, 3.8) is 0 Å². The Bertz CT molecular complexity index is 1660. The number of rotatable bonds is 7. The van der Waals surface area contributed by atoms with Gasteiger partial charge in [-0.1, -0.05) is 42.5 Å². The molecule has 39 heavy (non-hydrogen) atoms. The number of amides is 1. The summed E-state index contributed by atoms with van der Waals surface area (Å²) < 4.78 is 39.8. The molecule has 1 amide bonds. The molecule has 0 spiro atoms. The van der Waals surface area contributed by atoms with E-state index in [0.717, 1.165) is 17.5 Å². The monoisotopic (exact) mass is 545 g/mol. The van der Waals surface area contributed by atoms with E-state index in [9.17, 15) is 22.4 Å². The molecule has 0 unspecified atom stereocenters. The van der Waals surface area contributed by atoms with Crippen molar-refractivity contribution in [2.45, 2.75) is 31.1 Å². The van der Waals surface area contributed by atoms with Gasteiger partial charge in [0, 0.05) is 36.3 Å². The number of halogens is 1. The number of hydrogen-bond acceptors (Lipinski definition) is 5. The number of carbonyl (C=O) groups is 2. The zero-order valence-corrected chi connectivity index (χ0v) is 22.7. The van der Waals surface area contributed by atoms with Crippen molar-refractivity contribution in [2.24, 2.45) is 5.92 Å². The zero-order chi connectivity index (χ0) is 27.9. The first-order valence-electron chi connectivity index (χ1n) is 12.6. The molecular weight excluding hydrogens is 517 g/mol. The Labute approximate surface area is 226 Å². The minimum atomic E-state index is -3.52. The van der Waals surface area contributed by atoms with Gasteiger partial charge in [0.25, 0.3) is 0 Å². The van der Waals surface area contributed by atoms with Crippen molar-refractivity contribution < 1.29 is 22.4 Å². The van der Waals surface area contributed by atoms with Gasteiger partial charge in [-0.25, -0.2) is 17.5 Å². The van der Waals surface area contributed by atoms with Crippen molar-refractivity contribution in [2.75, 3.05) is 17.7 Å². The summed E-state index contributed by atoms with van der Waals surface area (Å²) in [6.45, 7) is 4.09. The summed E-state index contributed by atoms with van der Waals surface area (Å²) in [5.41, 5.74) is 3.20. The predicted molar refractivity (Wildman–Crippen MR) is 147 cm³/mol. The highest BCUT2D eigenvalue weighted by Gasteiger charge is 2.45. The Morgan fingerprint density at radius 1 is 1.00 bits per heavy atom. The number of hydrogen-bond donors (Lipinski definition) is 0. The number of Topliss-reactive ketones (excluding diaryl/α,β-unsaturated/α-hetero) is 1. The van der Waals surface area contributed by atoms with E-state index in [2.05, 4.69) is 0 Å². The molecule has 2 atom stereocenters. The van der Waals surface area contributed by atoms with Crippen LogP contribution in [0.3, 0.4) is 0 Å². The summed E-state index contributed by atoms with van der Waals surface area (Å²) in [7, 11) is -3.52. The highest BCUT2D eigenvalue weighted by molar-refractivity contribution is 7.90. The molecule has 0 bridgehead atoms. The van der Waals surface area contributed by atoms with Gasteiger partial charge in [0.05, 0.1) is 22.2 Å². The molecule has 5 rings (SSSR count). The number of aryl methyl sites for hydroxylation is 1. The zero-order valence-electron chi connectivity index (χ0n) is 21.8. The maximum absolute atomic E-state index is 14.1. The molecule has 2 heterocycles. The SMILES string of the molecule is CCN1C(=O)[C@@H](CC(=O)c2cccc(S(C)(=O)=O)c2)[C@@H](c2ccc(F)cc2)c2c(C)nn(-c3ccccc3)c21. The normalized spacial score (nSPS) is 17.2. The second-order valence-corrected chi connectivity index (χ2v) is 11.7. The van der Waals surface area contributed by atoms with Gasteiger partial charge >= 0.3 is 0 Å². The van der Waals surface area contributed by atoms with E-state index < -0.39 is 27.5 Å². The van der Waals surface area contributed by atoms with E-state index in [1.165, 1.54) is 30.3 Å². The molecule has 0 saturated carbocycles. The largest absolute Gasteiger partial charge is 0.296 e. The number of para-hydroxylation sites is 1. The first-order chi connectivity index (χ1) is 18.6. The van der Waals surface area contributed by atoms with Crippen LogP contribution >= 0.6 is 0 Å². The van der Waals surface area contributed by atoms with Gasteiger partial charge < -0.3 is 0 Å². The van der Waals surface area contributed by atoms with Crippen LogP contribution in [0.5, 0.6) is 0 Å². The molecule has 1 aliphatic heterocycles. The summed E-state index contributed by atoms with van der Waals surface area (Å²) >= 11 is 0. The van der Waals surface area contributed by atoms with Gasteiger partial charge in [0.1, 0.15) is 11.6 Å². The molecule has 7 nitrogen and oxygen atoms in total. The van der Waals surface area contributed by atoms with Gasteiger partial charge in [-0.2, -0.15) is 5.10 Å². The Morgan fingerprint density at radius 3 is 2.33 bits per heavy atom. The molecule has 0 saturated heterocycles. The smallest absolute Gasteiger partial charge is 0.232 e. The summed E-state index contributed by atoms with van der Waals surface area (Å²) in [6.07, 6.45) is 0.930. The number of sulfone groups is 1. The lowest BCUT2D eigenvalue weighted by Crippen LogP contribution is -2.45. The number of benzene rings is 3. The Hall–Kier alpha value is -4.11. The summed E-state index contributed by atoms with van der Waals surface area (Å²) in [5, 5.41) is 4.80. The highest BCUT2D eigenvalue weighted by Crippen LogP contribution is 2.47. The van der Waals surface area contributed by atoms with Crippen molar-refractivity contribution in [3.05, 3.63) is 107 Å². The van der Waals surface area contributed by atoms with Crippen LogP contribution < -0.4 is 4.90 Å². The molecule has 9 heteroatoms. The summed E-state index contributed by atoms with van der Waals surface area (Å²) in [4.78, 5) is 29.3. The molecule has 200 valence electrons. The molecule has 1 aliphatic rings. The topological polar surface area (TPSA) is 89.3 Å². The number of ketones is 1. The third-order valence-corrected chi connectivity index (χ3v) is 8.28. The van der Waals surface area contributed by atoms with E-state index >= 15 is 0 Å². The maximum atomic E-state index is 14.1. The van der Waals surface area contributed by atoms with E-state index in [1.54, 1.807) is 27.8 Å². The van der Waals surface area contributed by atoms with E-state index in [1.807, 2.05) is 44.2 Å². The van der Waals surface area contributed by atoms with Crippen LogP contribution in [0.2, 0.25) is 0 Å². The predicted octanol–water partition coefficient (Wildman–Crippen LogP) is 5.11. The number of anilines is 1. The van der Waals surface area contributed by atoms with Gasteiger partial charge in [0.15, 0.2) is 15.6 Å². The summed E-state index contributed by atoms with van der Waals surface area (Å²) in [6, 6.07) is 21.3. The lowest BCUT2D eigenvalue weighted by atomic mass is 9.74. The average molecular weight is 546 g/mol. The van der Waals surface area contributed by atoms with Crippen molar-refractivity contribution >= 4 is 27.3 Å². The first-order valence-corrected chi connectivity index (χ1v) is 14.5. The minimum absolute atomic E-state index is 0.0378. The van der Waals surface area contributed by atoms with Gasteiger partial charge in [0.2, 0.25) is 5.91 Å². The van der Waals surface area contributed by atoms with Gasteiger partial charge in [-0.05, 0) is 55.8 Å². The molecule has 0 aliphatic carbocycles. The van der Waals surface area contributed by atoms with Crippen molar-refractivity contribution in [3.8, 4) is 5.69 Å². The fraction of sp³-hybridized carbons (Fsp3) is 0.233. The van der Waals surface area contributed by atoms with Crippen LogP contribution in [-0.4, -0.2) is 42.7 Å². The number of nitrogens with zero attached hydrogens (tertiary/aromatic N) is 3. The lowest BCUT2D eigenvalue weighted by molar-refractivity contribution is -0.123. The maximum Gasteiger partial charge on any atom is 0.232 e. The van der Waals surface area contributed by atoms with Crippen LogP contribution in [-0.2, 0) is 14.6 Å². The Morgan fingerprint density at radius 2 is 1.69 bits per heavy atom. The number of fused-ring (bicyclic) bond motifs is 1. The average Bonchev–Trinajstić information content (AvgIpc) is 3.26. The van der Waals surface area contributed by atoms with Crippen LogP contribution in [0.1, 0.15) is 46.4 Å². The van der Waals surface area contributed by atoms with Crippen LogP contribution in [0.15, 0.2) is 83.8 Å². The van der Waals surface area contributed by atoms with Crippen molar-refractivity contribution in [1.29, 1.82) is 0 Å². The van der Waals surface area contributed by atoms with Crippen LogP contribution in [0.4, 0.5) is 10.2 Å². The standard InChI is InChI=1S/C30H28FN3O4S/c1-4-33-29-27(19(2)32-34(29)23-10-6-5-7-11-23)28(20-13-15-22(31)16-14-20)25(30(33)36)18-26(35)21-9-8-12-24(17-21)39(3,37)38/h5-17,25,28H,4,18H2,1-3H3/t25-,28+/m0/s1. The first kappa shape index (κ1) is 26.5.